The summed E-state index contributed by atoms with van der Waals surface area (Å²) in [7, 11) is -1.65. The van der Waals surface area contributed by atoms with E-state index in [2.05, 4.69) is 15.9 Å². The summed E-state index contributed by atoms with van der Waals surface area (Å²) >= 11 is 4.53. The second-order valence-electron chi connectivity index (χ2n) is 4.16. The lowest BCUT2D eigenvalue weighted by Crippen LogP contribution is -2.36. The molecule has 0 radical (unpaired) electrons. The normalized spacial score (nSPS) is 19.0. The van der Waals surface area contributed by atoms with Crippen LogP contribution in [0.1, 0.15) is 19.8 Å². The van der Waals surface area contributed by atoms with E-state index >= 15 is 0 Å². The van der Waals surface area contributed by atoms with Crippen molar-refractivity contribution in [2.75, 3.05) is 7.05 Å². The van der Waals surface area contributed by atoms with Crippen LogP contribution in [-0.4, -0.2) is 25.8 Å². The van der Waals surface area contributed by atoms with Crippen molar-refractivity contribution in [3.8, 4) is 0 Å². The van der Waals surface area contributed by atoms with Gasteiger partial charge >= 0.3 is 0 Å². The summed E-state index contributed by atoms with van der Waals surface area (Å²) < 4.78 is 27.2. The van der Waals surface area contributed by atoms with Crippen molar-refractivity contribution >= 4 is 37.3 Å². The molecule has 0 amide bonds. The first kappa shape index (κ1) is 12.5. The highest BCUT2D eigenvalue weighted by Gasteiger charge is 2.37. The number of thiophene rings is 1. The molecule has 0 N–H and O–H groups in total. The van der Waals surface area contributed by atoms with Crippen molar-refractivity contribution in [1.82, 2.24) is 4.31 Å². The Morgan fingerprint density at radius 2 is 2.19 bits per heavy atom. The summed E-state index contributed by atoms with van der Waals surface area (Å²) in [6.45, 7) is 1.98. The third-order valence-corrected chi connectivity index (χ3v) is 7.67. The maximum Gasteiger partial charge on any atom is 0.253 e. The van der Waals surface area contributed by atoms with Gasteiger partial charge in [0.05, 0.1) is 0 Å². The van der Waals surface area contributed by atoms with E-state index in [4.69, 9.17) is 0 Å². The van der Waals surface area contributed by atoms with Crippen LogP contribution in [0.25, 0.3) is 0 Å². The predicted octanol–water partition coefficient (Wildman–Crippen LogP) is 2.93. The molecule has 90 valence electrons. The zero-order valence-corrected chi connectivity index (χ0v) is 12.4. The first-order valence-electron chi connectivity index (χ1n) is 5.15. The first-order chi connectivity index (χ1) is 7.44. The fraction of sp³-hybridized carbons (Fsp3) is 0.600. The van der Waals surface area contributed by atoms with Gasteiger partial charge in [0.2, 0.25) is 0 Å². The van der Waals surface area contributed by atoms with Crippen molar-refractivity contribution in [3.05, 3.63) is 15.9 Å². The van der Waals surface area contributed by atoms with Crippen LogP contribution < -0.4 is 0 Å². The van der Waals surface area contributed by atoms with Crippen LogP contribution >= 0.6 is 27.3 Å². The zero-order chi connectivity index (χ0) is 11.9. The highest BCUT2D eigenvalue weighted by molar-refractivity contribution is 9.10. The lowest BCUT2D eigenvalue weighted by Gasteiger charge is -2.23. The molecule has 1 fully saturated rings. The molecule has 16 heavy (non-hydrogen) atoms. The summed E-state index contributed by atoms with van der Waals surface area (Å²) in [6.07, 6.45) is 2.29. The quantitative estimate of drug-likeness (QED) is 0.854. The Morgan fingerprint density at radius 3 is 2.62 bits per heavy atom. The van der Waals surface area contributed by atoms with Gasteiger partial charge in [-0.05, 0) is 53.1 Å². The number of nitrogens with zero attached hydrogens (tertiary/aromatic N) is 1. The minimum Gasteiger partial charge on any atom is -0.206 e. The van der Waals surface area contributed by atoms with Gasteiger partial charge < -0.3 is 0 Å². The van der Waals surface area contributed by atoms with Gasteiger partial charge in [0.15, 0.2) is 0 Å². The van der Waals surface area contributed by atoms with Crippen LogP contribution in [0.4, 0.5) is 0 Å². The predicted molar refractivity (Wildman–Crippen MR) is 69.2 cm³/mol. The third-order valence-electron chi connectivity index (χ3n) is 3.08. The smallest absolute Gasteiger partial charge is 0.206 e. The standard InChI is InChI=1S/C10H14BrNO2S2/c1-7(8-3-4-8)12(2)16(13,14)10-9(11)5-6-15-10/h5-8H,3-4H2,1-2H3. The maximum absolute atomic E-state index is 12.3. The molecule has 1 atom stereocenters. The van der Waals surface area contributed by atoms with Gasteiger partial charge in [-0.15, -0.1) is 11.3 Å². The summed E-state index contributed by atoms with van der Waals surface area (Å²) in [4.78, 5) is 0. The van der Waals surface area contributed by atoms with Crippen LogP contribution in [0.3, 0.4) is 0 Å². The minimum absolute atomic E-state index is 0.0963. The van der Waals surface area contributed by atoms with Crippen LogP contribution in [-0.2, 0) is 10.0 Å². The number of halogens is 1. The Hall–Kier alpha value is 0.0900. The molecule has 1 saturated carbocycles. The van der Waals surface area contributed by atoms with E-state index in [0.717, 1.165) is 12.8 Å². The Kier molecular flexibility index (Phi) is 3.45. The number of hydrogen-bond donors (Lipinski definition) is 0. The molecule has 1 aliphatic rings. The average molecular weight is 324 g/mol. The fourth-order valence-corrected chi connectivity index (χ4v) is 5.59. The molecule has 1 aromatic rings. The highest BCUT2D eigenvalue weighted by atomic mass is 79.9. The molecular weight excluding hydrogens is 310 g/mol. The molecule has 6 heteroatoms. The Bertz CT molecular complexity index is 479. The molecule has 0 bridgehead atoms. The van der Waals surface area contributed by atoms with E-state index < -0.39 is 10.0 Å². The first-order valence-corrected chi connectivity index (χ1v) is 8.27. The van der Waals surface area contributed by atoms with E-state index in [1.807, 2.05) is 6.92 Å². The van der Waals surface area contributed by atoms with Crippen LogP contribution in [0.5, 0.6) is 0 Å². The van der Waals surface area contributed by atoms with Crippen molar-refractivity contribution in [1.29, 1.82) is 0 Å². The lowest BCUT2D eigenvalue weighted by atomic mass is 10.2. The van der Waals surface area contributed by atoms with Gasteiger partial charge in [0, 0.05) is 17.6 Å². The monoisotopic (exact) mass is 323 g/mol. The van der Waals surface area contributed by atoms with Crippen molar-refractivity contribution < 1.29 is 8.42 Å². The second-order valence-corrected chi connectivity index (χ2v) is 8.12. The van der Waals surface area contributed by atoms with Gasteiger partial charge in [0.25, 0.3) is 10.0 Å². The molecule has 3 nitrogen and oxygen atoms in total. The summed E-state index contributed by atoms with van der Waals surface area (Å²) in [5.41, 5.74) is 0. The SMILES string of the molecule is CC(C1CC1)N(C)S(=O)(=O)c1sccc1Br. The molecular formula is C10H14BrNO2S2. The lowest BCUT2D eigenvalue weighted by molar-refractivity contribution is 0.357. The number of hydrogen-bond acceptors (Lipinski definition) is 3. The van der Waals surface area contributed by atoms with Crippen LogP contribution in [0.15, 0.2) is 20.1 Å². The highest BCUT2D eigenvalue weighted by Crippen LogP contribution is 2.38. The number of sulfonamides is 1. The Balaban J connectivity index is 2.28. The van der Waals surface area contributed by atoms with Gasteiger partial charge in [0.1, 0.15) is 4.21 Å². The van der Waals surface area contributed by atoms with Gasteiger partial charge in [-0.2, -0.15) is 4.31 Å². The molecule has 1 unspecified atom stereocenters. The van der Waals surface area contributed by atoms with Gasteiger partial charge in [-0.3, -0.25) is 0 Å². The Labute approximate surface area is 109 Å². The summed E-state index contributed by atoms with van der Waals surface area (Å²) in [6, 6.07) is 1.87. The molecule has 2 rings (SSSR count). The fourth-order valence-electron chi connectivity index (χ4n) is 1.69. The Morgan fingerprint density at radius 1 is 1.56 bits per heavy atom. The van der Waals surface area contributed by atoms with Gasteiger partial charge in [-0.1, -0.05) is 0 Å². The van der Waals surface area contributed by atoms with E-state index in [0.29, 0.717) is 14.6 Å². The van der Waals surface area contributed by atoms with E-state index in [-0.39, 0.29) is 6.04 Å². The molecule has 0 saturated heterocycles. The maximum atomic E-state index is 12.3. The van der Waals surface area contributed by atoms with Crippen molar-refractivity contribution in [2.24, 2.45) is 5.92 Å². The van der Waals surface area contributed by atoms with Crippen LogP contribution in [0.2, 0.25) is 0 Å². The van der Waals surface area contributed by atoms with Gasteiger partial charge in [-0.25, -0.2) is 8.42 Å². The zero-order valence-electron chi connectivity index (χ0n) is 9.18. The van der Waals surface area contributed by atoms with Crippen molar-refractivity contribution in [2.45, 2.75) is 30.0 Å². The molecule has 0 aromatic carbocycles. The average Bonchev–Trinajstić information content (AvgIpc) is 2.99. The molecule has 1 aromatic heterocycles. The van der Waals surface area contributed by atoms with E-state index in [1.54, 1.807) is 18.5 Å². The largest absolute Gasteiger partial charge is 0.253 e. The van der Waals surface area contributed by atoms with E-state index in [9.17, 15) is 8.42 Å². The molecule has 0 aliphatic heterocycles. The summed E-state index contributed by atoms with van der Waals surface area (Å²) in [5, 5.41) is 1.78. The second kappa shape index (κ2) is 4.40. The minimum atomic E-state index is -3.33. The number of rotatable bonds is 4. The topological polar surface area (TPSA) is 37.4 Å². The van der Waals surface area contributed by atoms with E-state index in [1.165, 1.54) is 15.6 Å². The third kappa shape index (κ3) is 2.20. The summed E-state index contributed by atoms with van der Waals surface area (Å²) in [5.74, 6) is 0.540. The van der Waals surface area contributed by atoms with Crippen LogP contribution in [0, 0.1) is 5.92 Å². The molecule has 1 heterocycles. The molecule has 0 spiro atoms. The molecule has 1 aliphatic carbocycles. The van der Waals surface area contributed by atoms with Crippen molar-refractivity contribution in [3.63, 3.8) is 0 Å².